The van der Waals surface area contributed by atoms with Crippen molar-refractivity contribution < 1.29 is 5.11 Å². The van der Waals surface area contributed by atoms with Gasteiger partial charge in [0.1, 0.15) is 17.7 Å². The number of hydrazine groups is 2. The molecule has 0 saturated carbocycles. The summed E-state index contributed by atoms with van der Waals surface area (Å²) in [6.45, 7) is 10.4. The Morgan fingerprint density at radius 2 is 1.97 bits per heavy atom. The molecule has 0 bridgehead atoms. The molecule has 29 heavy (non-hydrogen) atoms. The molecule has 2 heterocycles. The number of halogens is 1. The molecule has 1 fully saturated rings. The number of amidine groups is 2. The maximum atomic E-state index is 9.58. The maximum Gasteiger partial charge on any atom is 0.248 e. The van der Waals surface area contributed by atoms with Gasteiger partial charge in [-0.25, -0.2) is 10.0 Å². The van der Waals surface area contributed by atoms with Crippen LogP contribution in [0, 0.1) is 0 Å². The standard InChI is InChI=1S/C19H29ClN8O/c1-10(2)27-16-17(23-13-6-7-14(20)15(21)8-13)24-19(22-9-12(5)29)25-18(16)26-28(27)11(3)4/h6-8,10-12,16,29H,9,21H2,1-5H3,(H2,22,23,24,25,26). The van der Waals surface area contributed by atoms with Crippen LogP contribution in [0.4, 0.5) is 11.4 Å². The smallest absolute Gasteiger partial charge is 0.248 e. The monoisotopic (exact) mass is 420 g/mol. The number of rotatable bonds is 5. The molecule has 5 N–H and O–H groups in total. The van der Waals surface area contributed by atoms with Gasteiger partial charge in [0.2, 0.25) is 5.96 Å². The van der Waals surface area contributed by atoms with Crippen molar-refractivity contribution in [2.45, 2.75) is 58.8 Å². The number of anilines is 2. The van der Waals surface area contributed by atoms with Crippen molar-refractivity contribution in [1.82, 2.24) is 15.6 Å². The van der Waals surface area contributed by atoms with Crippen LogP contribution in [0.5, 0.6) is 0 Å². The van der Waals surface area contributed by atoms with E-state index in [1.165, 1.54) is 0 Å². The van der Waals surface area contributed by atoms with Crippen molar-refractivity contribution in [1.29, 1.82) is 0 Å². The summed E-state index contributed by atoms with van der Waals surface area (Å²) in [4.78, 5) is 13.6. The summed E-state index contributed by atoms with van der Waals surface area (Å²) in [6.07, 6.45) is -0.570. The Labute approximate surface area is 176 Å². The lowest BCUT2D eigenvalue weighted by Gasteiger charge is -2.36. The first-order chi connectivity index (χ1) is 13.7. The van der Waals surface area contributed by atoms with Crippen LogP contribution in [-0.4, -0.2) is 63.6 Å². The number of aliphatic imine (C=N–C) groups is 3. The predicted octanol–water partition coefficient (Wildman–Crippen LogP) is 2.10. The number of aliphatic hydroxyl groups excluding tert-OH is 1. The fourth-order valence-electron chi connectivity index (χ4n) is 3.22. The first-order valence-corrected chi connectivity index (χ1v) is 10.1. The Bertz CT molecular complexity index is 849. The summed E-state index contributed by atoms with van der Waals surface area (Å²) in [6, 6.07) is 5.54. The van der Waals surface area contributed by atoms with Crippen LogP contribution >= 0.6 is 11.6 Å². The quantitative estimate of drug-likeness (QED) is 0.542. The molecule has 2 unspecified atom stereocenters. The Kier molecular flexibility index (Phi) is 6.42. The first-order valence-electron chi connectivity index (χ1n) is 9.73. The average molecular weight is 421 g/mol. The Morgan fingerprint density at radius 1 is 1.24 bits per heavy atom. The van der Waals surface area contributed by atoms with Crippen LogP contribution in [-0.2, 0) is 0 Å². The van der Waals surface area contributed by atoms with Crippen molar-refractivity contribution in [3.8, 4) is 0 Å². The van der Waals surface area contributed by atoms with Crippen LogP contribution in [0.3, 0.4) is 0 Å². The van der Waals surface area contributed by atoms with E-state index in [0.717, 1.165) is 11.5 Å². The number of hydrogen-bond donors (Lipinski definition) is 4. The van der Waals surface area contributed by atoms with E-state index >= 15 is 0 Å². The number of nitrogen functional groups attached to an aromatic ring is 1. The largest absolute Gasteiger partial charge is 0.397 e. The molecule has 0 aromatic heterocycles. The summed E-state index contributed by atoms with van der Waals surface area (Å²) in [5.41, 5.74) is 10.6. The van der Waals surface area contributed by atoms with E-state index in [2.05, 4.69) is 63.5 Å². The molecule has 0 radical (unpaired) electrons. The second-order valence-electron chi connectivity index (χ2n) is 7.77. The van der Waals surface area contributed by atoms with Crippen LogP contribution in [0.2, 0.25) is 5.02 Å². The van der Waals surface area contributed by atoms with Crippen LogP contribution in [0.1, 0.15) is 34.6 Å². The minimum atomic E-state index is -0.570. The molecule has 2 aliphatic heterocycles. The fraction of sp³-hybridized carbons (Fsp3) is 0.526. The fourth-order valence-corrected chi connectivity index (χ4v) is 3.34. The summed E-state index contributed by atoms with van der Waals surface area (Å²) in [5, 5.41) is 17.7. The highest BCUT2D eigenvalue weighted by Crippen LogP contribution is 2.26. The highest BCUT2D eigenvalue weighted by molar-refractivity contribution is 6.33. The zero-order chi connectivity index (χ0) is 21.3. The molecular formula is C19H29ClN8O. The number of nitrogens with two attached hydrogens (primary N) is 1. The van der Waals surface area contributed by atoms with Gasteiger partial charge in [-0.1, -0.05) is 11.6 Å². The SMILES string of the molecule is CC(O)CN=C1N=C(Nc2ccc(Cl)c(N)c2)C2C(=N1)NN(C(C)C)N2C(C)C. The van der Waals surface area contributed by atoms with Gasteiger partial charge in [-0.15, -0.1) is 0 Å². The Balaban J connectivity index is 2.01. The van der Waals surface area contributed by atoms with Gasteiger partial charge in [-0.05, 0) is 52.8 Å². The molecular weight excluding hydrogens is 392 g/mol. The van der Waals surface area contributed by atoms with Gasteiger partial charge >= 0.3 is 0 Å². The number of fused-ring (bicyclic) bond motifs is 1. The average Bonchev–Trinajstić information content (AvgIpc) is 3.03. The van der Waals surface area contributed by atoms with E-state index < -0.39 is 6.10 Å². The zero-order valence-corrected chi connectivity index (χ0v) is 18.1. The number of hydrogen-bond acceptors (Lipinski definition) is 7. The second-order valence-corrected chi connectivity index (χ2v) is 8.18. The topological polar surface area (TPSA) is 114 Å². The molecule has 1 aromatic rings. The maximum absolute atomic E-state index is 9.58. The van der Waals surface area contributed by atoms with E-state index in [0.29, 0.717) is 22.5 Å². The number of aliphatic hydroxyl groups is 1. The molecule has 9 nitrogen and oxygen atoms in total. The van der Waals surface area contributed by atoms with Crippen LogP contribution in [0.15, 0.2) is 33.2 Å². The van der Waals surface area contributed by atoms with E-state index in [1.54, 1.807) is 19.1 Å². The Morgan fingerprint density at radius 3 is 2.55 bits per heavy atom. The minimum Gasteiger partial charge on any atom is -0.397 e. The van der Waals surface area contributed by atoms with Crippen molar-refractivity contribution in [3.63, 3.8) is 0 Å². The highest BCUT2D eigenvalue weighted by atomic mass is 35.5. The van der Waals surface area contributed by atoms with E-state index in [-0.39, 0.29) is 24.7 Å². The van der Waals surface area contributed by atoms with Gasteiger partial charge in [-0.3, -0.25) is 5.43 Å². The molecule has 0 spiro atoms. The van der Waals surface area contributed by atoms with E-state index in [4.69, 9.17) is 17.3 Å². The molecule has 0 amide bonds. The van der Waals surface area contributed by atoms with E-state index in [1.807, 2.05) is 6.07 Å². The van der Waals surface area contributed by atoms with Crippen molar-refractivity contribution in [3.05, 3.63) is 23.2 Å². The highest BCUT2D eigenvalue weighted by Gasteiger charge is 2.45. The van der Waals surface area contributed by atoms with Crippen LogP contribution in [0.25, 0.3) is 0 Å². The number of guanidine groups is 1. The molecule has 2 aliphatic rings. The first kappa shape index (κ1) is 21.5. The lowest BCUT2D eigenvalue weighted by molar-refractivity contribution is -0.0708. The molecule has 10 heteroatoms. The zero-order valence-electron chi connectivity index (χ0n) is 17.4. The van der Waals surface area contributed by atoms with Gasteiger partial charge in [0, 0.05) is 17.8 Å². The van der Waals surface area contributed by atoms with Crippen molar-refractivity contribution in [2.24, 2.45) is 15.0 Å². The molecule has 158 valence electrons. The van der Waals surface area contributed by atoms with Crippen molar-refractivity contribution >= 4 is 40.6 Å². The summed E-state index contributed by atoms with van der Waals surface area (Å²) >= 11 is 6.06. The minimum absolute atomic E-state index is 0.195. The normalized spacial score (nSPS) is 22.5. The van der Waals surface area contributed by atoms with Gasteiger partial charge in [0.25, 0.3) is 0 Å². The summed E-state index contributed by atoms with van der Waals surface area (Å²) in [7, 11) is 0. The lowest BCUT2D eigenvalue weighted by atomic mass is 10.1. The van der Waals surface area contributed by atoms with Crippen molar-refractivity contribution in [2.75, 3.05) is 17.6 Å². The van der Waals surface area contributed by atoms with Gasteiger partial charge in [0.05, 0.1) is 23.4 Å². The van der Waals surface area contributed by atoms with Gasteiger partial charge < -0.3 is 16.2 Å². The predicted molar refractivity (Wildman–Crippen MR) is 119 cm³/mol. The van der Waals surface area contributed by atoms with Crippen LogP contribution < -0.4 is 16.5 Å². The number of benzene rings is 1. The van der Waals surface area contributed by atoms with Gasteiger partial charge in [0.15, 0.2) is 0 Å². The lowest BCUT2D eigenvalue weighted by Crippen LogP contribution is -2.54. The molecule has 2 atom stereocenters. The molecule has 0 aliphatic carbocycles. The second kappa shape index (κ2) is 8.66. The van der Waals surface area contributed by atoms with E-state index in [9.17, 15) is 5.11 Å². The number of nitrogens with zero attached hydrogens (tertiary/aromatic N) is 5. The molecule has 3 rings (SSSR count). The van der Waals surface area contributed by atoms with Gasteiger partial charge in [-0.2, -0.15) is 15.1 Å². The summed E-state index contributed by atoms with van der Waals surface area (Å²) < 4.78 is 0. The number of nitrogens with one attached hydrogen (secondary N) is 2. The third kappa shape index (κ3) is 4.69. The third-order valence-electron chi connectivity index (χ3n) is 4.48. The third-order valence-corrected chi connectivity index (χ3v) is 4.83. The Hall–Kier alpha value is -2.20. The molecule has 1 aromatic carbocycles. The summed E-state index contributed by atoms with van der Waals surface area (Å²) in [5.74, 6) is 1.71. The molecule has 1 saturated heterocycles.